The summed E-state index contributed by atoms with van der Waals surface area (Å²) in [5.74, 6) is -2.97. The van der Waals surface area contributed by atoms with Crippen LogP contribution < -0.4 is 4.74 Å². The van der Waals surface area contributed by atoms with Gasteiger partial charge in [-0.1, -0.05) is 0 Å². The Hall–Kier alpha value is -4.24. The molecule has 0 aromatic heterocycles. The van der Waals surface area contributed by atoms with Gasteiger partial charge in [0.1, 0.15) is 54.5 Å². The lowest BCUT2D eigenvalue weighted by atomic mass is 9.98. The van der Waals surface area contributed by atoms with E-state index in [9.17, 15) is 40.2 Å². The van der Waals surface area contributed by atoms with Crippen LogP contribution in [-0.4, -0.2) is 96.8 Å². The Bertz CT molecular complexity index is 1270. The minimum absolute atomic E-state index is 0.00880. The molecule has 210 valence electrons. The molecule has 2 heterocycles. The van der Waals surface area contributed by atoms with E-state index >= 15 is 0 Å². The highest BCUT2D eigenvalue weighted by atomic mass is 16.7. The molecule has 6 atom stereocenters. The summed E-state index contributed by atoms with van der Waals surface area (Å²) in [5, 5.41) is 70.3. The molecule has 1 saturated heterocycles. The second-order valence-corrected chi connectivity index (χ2v) is 8.79. The van der Waals surface area contributed by atoms with Crippen LogP contribution in [0.15, 0.2) is 36.1 Å². The van der Waals surface area contributed by atoms with Crippen LogP contribution in [0.4, 0.5) is 0 Å². The third-order valence-corrected chi connectivity index (χ3v) is 6.09. The lowest BCUT2D eigenvalue weighted by Gasteiger charge is -2.40. The SMILES string of the molecule is COc1cc(C2[OH+]c3cc(O)cc(O)c3C=C2OC2OC(COC(=O)CC(=O)O)C(O)C(O)C2O)ccc1O. The molecule has 0 aliphatic carbocycles. The average Bonchev–Trinajstić information content (AvgIpc) is 2.88. The van der Waals surface area contributed by atoms with Crippen LogP contribution in [0, 0.1) is 0 Å². The predicted molar refractivity (Wildman–Crippen MR) is 128 cm³/mol. The van der Waals surface area contributed by atoms with Crippen molar-refractivity contribution in [2.75, 3.05) is 13.7 Å². The number of hydrogen-bond donors (Lipinski definition) is 7. The van der Waals surface area contributed by atoms with E-state index in [0.29, 0.717) is 5.56 Å². The van der Waals surface area contributed by atoms with Gasteiger partial charge in [0.25, 0.3) is 11.9 Å². The van der Waals surface area contributed by atoms with Gasteiger partial charge in [0.2, 0.25) is 6.29 Å². The molecule has 0 saturated carbocycles. The molecule has 14 heteroatoms. The Kier molecular flexibility index (Phi) is 8.01. The van der Waals surface area contributed by atoms with Crippen molar-refractivity contribution in [1.29, 1.82) is 0 Å². The second kappa shape index (κ2) is 11.2. The van der Waals surface area contributed by atoms with Gasteiger partial charge in [-0.25, -0.2) is 0 Å². The minimum Gasteiger partial charge on any atom is -0.571 e. The largest absolute Gasteiger partial charge is 0.571 e. The summed E-state index contributed by atoms with van der Waals surface area (Å²) in [6.45, 7) is -0.651. The number of aliphatic carboxylic acids is 1. The number of phenolic OH excluding ortho intramolecular Hbond substituents is 3. The molecular weight excluding hydrogens is 524 g/mol. The number of fused-ring (bicyclic) bond motifs is 1. The number of ether oxygens (including phenoxy) is 5. The van der Waals surface area contributed by atoms with E-state index in [1.54, 1.807) is 0 Å². The van der Waals surface area contributed by atoms with Crippen molar-refractivity contribution in [2.45, 2.75) is 43.2 Å². The molecule has 4 rings (SSSR count). The normalized spacial score (nSPS) is 26.0. The van der Waals surface area contributed by atoms with Gasteiger partial charge in [0, 0.05) is 12.1 Å². The number of aliphatic hydroxyl groups excluding tert-OH is 3. The number of rotatable bonds is 8. The first kappa shape index (κ1) is 27.8. The third kappa shape index (κ3) is 5.93. The number of methoxy groups -OCH3 is 1. The Morgan fingerprint density at radius 1 is 1.00 bits per heavy atom. The summed E-state index contributed by atoms with van der Waals surface area (Å²) < 4.78 is 26.0. The van der Waals surface area contributed by atoms with Crippen LogP contribution in [-0.2, 0) is 23.8 Å². The summed E-state index contributed by atoms with van der Waals surface area (Å²) >= 11 is 0. The molecule has 1 fully saturated rings. The maximum absolute atomic E-state index is 11.6. The summed E-state index contributed by atoms with van der Waals surface area (Å²) in [7, 11) is 1.35. The van der Waals surface area contributed by atoms with E-state index in [1.165, 1.54) is 37.5 Å². The molecule has 2 aliphatic heterocycles. The van der Waals surface area contributed by atoms with E-state index in [-0.39, 0.29) is 40.1 Å². The van der Waals surface area contributed by atoms with E-state index in [2.05, 4.69) is 4.74 Å². The van der Waals surface area contributed by atoms with Crippen LogP contribution in [0.25, 0.3) is 6.08 Å². The number of carboxylic acids is 1. The van der Waals surface area contributed by atoms with Crippen LogP contribution in [0.5, 0.6) is 28.7 Å². The maximum Gasteiger partial charge on any atom is 0.317 e. The number of hydrogen-bond acceptors (Lipinski definition) is 12. The molecule has 0 radical (unpaired) electrons. The van der Waals surface area contributed by atoms with Gasteiger partial charge in [0.15, 0.2) is 17.3 Å². The Balaban J connectivity index is 1.65. The zero-order valence-electron chi connectivity index (χ0n) is 20.4. The van der Waals surface area contributed by atoms with Gasteiger partial charge >= 0.3 is 11.9 Å². The van der Waals surface area contributed by atoms with Crippen molar-refractivity contribution in [3.63, 3.8) is 0 Å². The first-order valence-corrected chi connectivity index (χ1v) is 11.6. The number of aromatic hydroxyl groups is 4. The fourth-order valence-corrected chi connectivity index (χ4v) is 4.12. The van der Waals surface area contributed by atoms with Gasteiger partial charge in [-0.05, 0) is 18.2 Å². The molecule has 14 nitrogen and oxygen atoms in total. The highest BCUT2D eigenvalue weighted by Gasteiger charge is 2.47. The lowest BCUT2D eigenvalue weighted by Crippen LogP contribution is -2.59. The molecule has 0 bridgehead atoms. The summed E-state index contributed by atoms with van der Waals surface area (Å²) in [6.07, 6.45) is -8.91. The monoisotopic (exact) mass is 551 g/mol. The maximum atomic E-state index is 11.6. The van der Waals surface area contributed by atoms with Crippen molar-refractivity contribution in [1.82, 2.24) is 0 Å². The number of carbonyl (C=O) groups is 2. The van der Waals surface area contributed by atoms with Crippen molar-refractivity contribution in [2.24, 2.45) is 0 Å². The van der Waals surface area contributed by atoms with Crippen molar-refractivity contribution in [3.8, 4) is 28.7 Å². The van der Waals surface area contributed by atoms with E-state index in [1.807, 2.05) is 0 Å². The fraction of sp³-hybridized carbons (Fsp3) is 0.360. The molecule has 39 heavy (non-hydrogen) atoms. The Labute approximate surface area is 220 Å². The lowest BCUT2D eigenvalue weighted by molar-refractivity contribution is -0.296. The molecule has 8 N–H and O–H groups in total. The van der Waals surface area contributed by atoms with Gasteiger partial charge in [0.05, 0.1) is 18.7 Å². The molecule has 6 unspecified atom stereocenters. The molecule has 2 aromatic carbocycles. The Morgan fingerprint density at radius 2 is 1.74 bits per heavy atom. The number of benzene rings is 2. The van der Waals surface area contributed by atoms with Crippen LogP contribution >= 0.6 is 0 Å². The van der Waals surface area contributed by atoms with Gasteiger partial charge in [-0.15, -0.1) is 0 Å². The number of aliphatic hydroxyl groups is 4. The van der Waals surface area contributed by atoms with E-state index in [4.69, 9.17) is 24.1 Å². The van der Waals surface area contributed by atoms with Crippen molar-refractivity contribution in [3.05, 3.63) is 47.2 Å². The molecule has 2 aliphatic rings. The zero-order valence-corrected chi connectivity index (χ0v) is 20.4. The van der Waals surface area contributed by atoms with E-state index < -0.39 is 61.8 Å². The average molecular weight is 551 g/mol. The molecule has 0 spiro atoms. The van der Waals surface area contributed by atoms with Crippen LogP contribution in [0.3, 0.4) is 0 Å². The van der Waals surface area contributed by atoms with Gasteiger partial charge in [-0.3, -0.25) is 9.59 Å². The van der Waals surface area contributed by atoms with Gasteiger partial charge in [-0.2, -0.15) is 0 Å². The predicted octanol–water partition coefficient (Wildman–Crippen LogP) is -0.00880. The van der Waals surface area contributed by atoms with E-state index in [0.717, 1.165) is 6.07 Å². The fourth-order valence-electron chi connectivity index (χ4n) is 4.12. The number of carbonyl (C=O) groups excluding carboxylic acids is 1. The second-order valence-electron chi connectivity index (χ2n) is 8.79. The van der Waals surface area contributed by atoms with Crippen LogP contribution in [0.1, 0.15) is 23.7 Å². The Morgan fingerprint density at radius 3 is 2.44 bits per heavy atom. The quantitative estimate of drug-likeness (QED) is 0.130. The highest BCUT2D eigenvalue weighted by molar-refractivity contribution is 5.90. The minimum atomic E-state index is -1.81. The summed E-state index contributed by atoms with van der Waals surface area (Å²) in [6, 6.07) is 6.72. The topological polar surface area (TPSA) is 225 Å². The van der Waals surface area contributed by atoms with Crippen molar-refractivity contribution < 1.29 is 69.0 Å². The van der Waals surface area contributed by atoms with Crippen LogP contribution in [0.2, 0.25) is 0 Å². The first-order chi connectivity index (χ1) is 18.5. The van der Waals surface area contributed by atoms with Gasteiger partial charge < -0.3 is 59.4 Å². The highest BCUT2D eigenvalue weighted by Crippen LogP contribution is 2.46. The van der Waals surface area contributed by atoms with Crippen molar-refractivity contribution >= 4 is 18.0 Å². The number of carboxylic acid groups (broad SMARTS) is 1. The summed E-state index contributed by atoms with van der Waals surface area (Å²) in [4.78, 5) is 22.3. The third-order valence-electron chi connectivity index (χ3n) is 6.09. The molecule has 2 aromatic rings. The number of phenols is 3. The first-order valence-electron chi connectivity index (χ1n) is 11.6. The summed E-state index contributed by atoms with van der Waals surface area (Å²) in [5.41, 5.74) is 0.587. The zero-order chi connectivity index (χ0) is 28.4. The smallest absolute Gasteiger partial charge is 0.317 e. The standard InChI is InChI=1S/C25H26O14/c1-35-16-4-10(2-3-13(16)27)24-17(7-12-14(28)5-11(26)6-15(12)37-24)38-25-23(34)22(33)21(32)18(39-25)9-36-20(31)8-19(29)30/h2-7,18,21-28,32-34H,8-9H2,1H3,(H,29,30)/p+1. The number of esters is 1. The molecular formula is C25H27O14+. The molecule has 0 amide bonds.